The van der Waals surface area contributed by atoms with E-state index in [1.807, 2.05) is 31.2 Å². The third-order valence-corrected chi connectivity index (χ3v) is 5.05. The fraction of sp³-hybridized carbons (Fsp3) is 0.160. The lowest BCUT2D eigenvalue weighted by molar-refractivity contribution is 0.102. The van der Waals surface area contributed by atoms with Crippen LogP contribution in [0, 0.1) is 6.92 Å². The van der Waals surface area contributed by atoms with Gasteiger partial charge in [-0.3, -0.25) is 4.79 Å². The molecule has 4 aromatic rings. The summed E-state index contributed by atoms with van der Waals surface area (Å²) >= 11 is 0. The van der Waals surface area contributed by atoms with Crippen molar-refractivity contribution in [2.45, 2.75) is 6.92 Å². The SMILES string of the molecule is COc1cc(C(=O)Nc2ccc(-c3nc(-c4ccc(C)cc4)no3)cc2)cc(OC)c1OC. The Kier molecular flexibility index (Phi) is 6.26. The number of rotatable bonds is 7. The van der Waals surface area contributed by atoms with Crippen LogP contribution in [0.15, 0.2) is 65.2 Å². The van der Waals surface area contributed by atoms with Crippen LogP contribution in [-0.4, -0.2) is 37.4 Å². The van der Waals surface area contributed by atoms with Crippen molar-refractivity contribution in [1.29, 1.82) is 0 Å². The van der Waals surface area contributed by atoms with Gasteiger partial charge in [0.1, 0.15) is 0 Å². The van der Waals surface area contributed by atoms with Gasteiger partial charge in [0.05, 0.1) is 21.3 Å². The standard InChI is InChI=1S/C25H23N3O5/c1-15-5-7-16(8-6-15)23-27-25(33-28-23)17-9-11-19(12-10-17)26-24(29)18-13-20(30-2)22(32-4)21(14-18)31-3/h5-14H,1-4H3,(H,26,29). The predicted molar refractivity (Wildman–Crippen MR) is 124 cm³/mol. The fourth-order valence-corrected chi connectivity index (χ4v) is 3.27. The largest absolute Gasteiger partial charge is 0.493 e. The Morgan fingerprint density at radius 2 is 1.45 bits per heavy atom. The third kappa shape index (κ3) is 4.64. The van der Waals surface area contributed by atoms with Crippen molar-refractivity contribution < 1.29 is 23.5 Å². The van der Waals surface area contributed by atoms with Crippen LogP contribution in [0.3, 0.4) is 0 Å². The van der Waals surface area contributed by atoms with E-state index in [1.165, 1.54) is 21.3 Å². The number of nitrogens with one attached hydrogen (secondary N) is 1. The van der Waals surface area contributed by atoms with Crippen LogP contribution in [0.1, 0.15) is 15.9 Å². The highest BCUT2D eigenvalue weighted by Crippen LogP contribution is 2.38. The smallest absolute Gasteiger partial charge is 0.258 e. The van der Waals surface area contributed by atoms with Gasteiger partial charge in [0.25, 0.3) is 11.8 Å². The van der Waals surface area contributed by atoms with Gasteiger partial charge in [0.15, 0.2) is 11.5 Å². The lowest BCUT2D eigenvalue weighted by atomic mass is 10.1. The summed E-state index contributed by atoms with van der Waals surface area (Å²) in [6.07, 6.45) is 0. The summed E-state index contributed by atoms with van der Waals surface area (Å²) < 4.78 is 21.3. The zero-order valence-electron chi connectivity index (χ0n) is 18.7. The number of aromatic nitrogens is 2. The number of benzene rings is 3. The van der Waals surface area contributed by atoms with Crippen molar-refractivity contribution >= 4 is 11.6 Å². The van der Waals surface area contributed by atoms with Crippen LogP contribution in [0.2, 0.25) is 0 Å². The molecule has 0 aliphatic rings. The minimum atomic E-state index is -0.318. The van der Waals surface area contributed by atoms with Gasteiger partial charge in [-0.15, -0.1) is 0 Å². The first-order valence-corrected chi connectivity index (χ1v) is 10.1. The molecule has 3 aromatic carbocycles. The molecule has 0 fully saturated rings. The number of hydrogen-bond acceptors (Lipinski definition) is 7. The molecule has 1 aromatic heterocycles. The Morgan fingerprint density at radius 1 is 0.848 bits per heavy atom. The molecule has 0 saturated heterocycles. The predicted octanol–water partition coefficient (Wildman–Crippen LogP) is 4.99. The van der Waals surface area contributed by atoms with Gasteiger partial charge >= 0.3 is 0 Å². The Morgan fingerprint density at radius 3 is 2.03 bits per heavy atom. The topological polar surface area (TPSA) is 95.7 Å². The lowest BCUT2D eigenvalue weighted by Gasteiger charge is -2.14. The minimum Gasteiger partial charge on any atom is -0.493 e. The van der Waals surface area contributed by atoms with Gasteiger partial charge in [0.2, 0.25) is 11.6 Å². The van der Waals surface area contributed by atoms with Gasteiger partial charge in [-0.1, -0.05) is 35.0 Å². The molecule has 1 N–H and O–H groups in total. The number of carbonyl (C=O) groups excluding carboxylic acids is 1. The molecule has 4 rings (SSSR count). The molecule has 1 heterocycles. The summed E-state index contributed by atoms with van der Waals surface area (Å²) in [5.41, 5.74) is 3.76. The highest BCUT2D eigenvalue weighted by Gasteiger charge is 2.17. The molecule has 0 unspecified atom stereocenters. The van der Waals surface area contributed by atoms with E-state index in [-0.39, 0.29) is 5.91 Å². The van der Waals surface area contributed by atoms with Gasteiger partial charge in [0, 0.05) is 22.4 Å². The van der Waals surface area contributed by atoms with Crippen molar-refractivity contribution in [3.63, 3.8) is 0 Å². The Hall–Kier alpha value is -4.33. The molecule has 0 radical (unpaired) electrons. The van der Waals surface area contributed by atoms with Crippen molar-refractivity contribution in [1.82, 2.24) is 10.1 Å². The van der Waals surface area contributed by atoms with E-state index < -0.39 is 0 Å². The zero-order chi connectivity index (χ0) is 23.4. The van der Waals surface area contributed by atoms with E-state index in [4.69, 9.17) is 18.7 Å². The first-order chi connectivity index (χ1) is 16.0. The monoisotopic (exact) mass is 445 g/mol. The van der Waals surface area contributed by atoms with Crippen molar-refractivity contribution in [3.8, 4) is 40.1 Å². The lowest BCUT2D eigenvalue weighted by Crippen LogP contribution is -2.12. The first kappa shape index (κ1) is 21.9. The second kappa shape index (κ2) is 9.44. The number of ether oxygens (including phenoxy) is 3. The van der Waals surface area contributed by atoms with E-state index in [1.54, 1.807) is 36.4 Å². The number of carbonyl (C=O) groups is 1. The molecule has 0 atom stereocenters. The molecule has 0 saturated carbocycles. The molecule has 33 heavy (non-hydrogen) atoms. The van der Waals surface area contributed by atoms with Crippen LogP contribution in [0.25, 0.3) is 22.8 Å². The number of amides is 1. The quantitative estimate of drug-likeness (QED) is 0.428. The Balaban J connectivity index is 1.50. The Labute approximate surface area is 191 Å². The molecule has 0 aliphatic heterocycles. The maximum atomic E-state index is 12.8. The summed E-state index contributed by atoms with van der Waals surface area (Å²) in [5, 5.41) is 6.92. The van der Waals surface area contributed by atoms with Crippen LogP contribution in [0.5, 0.6) is 17.2 Å². The van der Waals surface area contributed by atoms with Gasteiger partial charge < -0.3 is 24.1 Å². The molecule has 8 nitrogen and oxygen atoms in total. The first-order valence-electron chi connectivity index (χ1n) is 10.1. The van der Waals surface area contributed by atoms with Crippen molar-refractivity contribution in [2.75, 3.05) is 26.6 Å². The summed E-state index contributed by atoms with van der Waals surface area (Å²) in [5.74, 6) is 1.82. The summed E-state index contributed by atoms with van der Waals surface area (Å²) in [4.78, 5) is 17.3. The molecule has 0 aliphatic carbocycles. The number of aryl methyl sites for hydroxylation is 1. The fourth-order valence-electron chi connectivity index (χ4n) is 3.27. The molecular formula is C25H23N3O5. The van der Waals surface area contributed by atoms with Gasteiger partial charge in [-0.25, -0.2) is 0 Å². The molecule has 0 spiro atoms. The normalized spacial score (nSPS) is 10.5. The maximum Gasteiger partial charge on any atom is 0.258 e. The molecule has 0 bridgehead atoms. The van der Waals surface area contributed by atoms with E-state index in [0.29, 0.717) is 40.2 Å². The van der Waals surface area contributed by atoms with Crippen LogP contribution >= 0.6 is 0 Å². The number of methoxy groups -OCH3 is 3. The molecule has 168 valence electrons. The second-order valence-corrected chi connectivity index (χ2v) is 7.23. The van der Waals surface area contributed by atoms with Crippen LogP contribution < -0.4 is 19.5 Å². The number of hydrogen-bond donors (Lipinski definition) is 1. The summed E-state index contributed by atoms with van der Waals surface area (Å²) in [6, 6.07) is 18.2. The van der Waals surface area contributed by atoms with E-state index in [9.17, 15) is 4.79 Å². The molecule has 8 heteroatoms. The highest BCUT2D eigenvalue weighted by molar-refractivity contribution is 6.05. The zero-order valence-corrected chi connectivity index (χ0v) is 18.7. The number of anilines is 1. The van der Waals surface area contributed by atoms with E-state index >= 15 is 0 Å². The van der Waals surface area contributed by atoms with Crippen molar-refractivity contribution in [3.05, 3.63) is 71.8 Å². The van der Waals surface area contributed by atoms with E-state index in [2.05, 4.69) is 15.5 Å². The minimum absolute atomic E-state index is 0.318. The Bertz CT molecular complexity index is 1240. The average molecular weight is 445 g/mol. The molecule has 1 amide bonds. The second-order valence-electron chi connectivity index (χ2n) is 7.23. The highest BCUT2D eigenvalue weighted by atomic mass is 16.5. The maximum absolute atomic E-state index is 12.8. The van der Waals surface area contributed by atoms with Crippen LogP contribution in [-0.2, 0) is 0 Å². The van der Waals surface area contributed by atoms with Gasteiger partial charge in [-0.05, 0) is 43.3 Å². The van der Waals surface area contributed by atoms with E-state index in [0.717, 1.165) is 16.7 Å². The van der Waals surface area contributed by atoms with Crippen LogP contribution in [0.4, 0.5) is 5.69 Å². The average Bonchev–Trinajstić information content (AvgIpc) is 3.34. The molecular weight excluding hydrogens is 422 g/mol. The van der Waals surface area contributed by atoms with Gasteiger partial charge in [-0.2, -0.15) is 4.98 Å². The third-order valence-electron chi connectivity index (χ3n) is 5.05. The summed E-state index contributed by atoms with van der Waals surface area (Å²) in [6.45, 7) is 2.02. The summed E-state index contributed by atoms with van der Waals surface area (Å²) in [7, 11) is 4.51. The van der Waals surface area contributed by atoms with Crippen molar-refractivity contribution in [2.24, 2.45) is 0 Å². The number of nitrogens with zero attached hydrogens (tertiary/aromatic N) is 2.